The number of nitrogens with zero attached hydrogens (tertiary/aromatic N) is 3. The first-order chi connectivity index (χ1) is 17.2. The van der Waals surface area contributed by atoms with E-state index in [2.05, 4.69) is 64.2 Å². The fourth-order valence-electron chi connectivity index (χ4n) is 4.55. The first-order valence-electron chi connectivity index (χ1n) is 12.2. The number of fused-ring (bicyclic) bond motifs is 2. The van der Waals surface area contributed by atoms with Crippen molar-refractivity contribution in [1.82, 2.24) is 20.3 Å². The highest BCUT2D eigenvalue weighted by Crippen LogP contribution is 2.22. The molecule has 0 radical (unpaired) electrons. The minimum Gasteiger partial charge on any atom is -0.373 e. The molecule has 5 rings (SSSR count). The van der Waals surface area contributed by atoms with Crippen LogP contribution in [0.15, 0.2) is 91.1 Å². The van der Waals surface area contributed by atoms with Gasteiger partial charge in [-0.3, -0.25) is 9.48 Å². The molecule has 1 amide bonds. The summed E-state index contributed by atoms with van der Waals surface area (Å²) >= 11 is 0. The maximum atomic E-state index is 13.5. The molecule has 4 aromatic rings. The number of aromatic nitrogens is 3. The van der Waals surface area contributed by atoms with Gasteiger partial charge >= 0.3 is 0 Å². The van der Waals surface area contributed by atoms with Gasteiger partial charge in [0.2, 0.25) is 5.91 Å². The van der Waals surface area contributed by atoms with Gasteiger partial charge in [-0.2, -0.15) is 0 Å². The summed E-state index contributed by atoms with van der Waals surface area (Å²) in [7, 11) is 0. The molecule has 1 N–H and O–H groups in total. The highest BCUT2D eigenvalue weighted by atomic mass is 16.5. The SMILES string of the molecule is O=C1N[C@H](Cc2ccccc2)COCc2cn(nn2)CC[C@H]1Cc1ccc(-c2ccccc2)cc1. The molecule has 0 aliphatic carbocycles. The standard InChI is InChI=1S/C29H30N4O2/c34-29-26(17-23-11-13-25(14-12-23)24-9-5-2-6-10-24)15-16-33-19-28(31-32-33)21-35-20-27(30-29)18-22-7-3-1-4-8-22/h1-14,19,26-27H,15-18,20-21H2,(H,30,34)/t26-,27+/m0/s1. The monoisotopic (exact) mass is 466 g/mol. The Hall–Kier alpha value is -3.77. The highest BCUT2D eigenvalue weighted by molar-refractivity contribution is 5.79. The van der Waals surface area contributed by atoms with Gasteiger partial charge in [-0.25, -0.2) is 0 Å². The number of carbonyl (C=O) groups excluding carboxylic acids is 1. The van der Waals surface area contributed by atoms with E-state index >= 15 is 0 Å². The van der Waals surface area contributed by atoms with E-state index in [9.17, 15) is 4.79 Å². The second-order valence-corrected chi connectivity index (χ2v) is 9.14. The zero-order valence-electron chi connectivity index (χ0n) is 19.7. The normalized spacial score (nSPS) is 18.8. The Morgan fingerprint density at radius 1 is 0.857 bits per heavy atom. The lowest BCUT2D eigenvalue weighted by atomic mass is 9.93. The van der Waals surface area contributed by atoms with E-state index in [-0.39, 0.29) is 17.9 Å². The van der Waals surface area contributed by atoms with Crippen LogP contribution in [0.3, 0.4) is 0 Å². The number of rotatable bonds is 5. The summed E-state index contributed by atoms with van der Waals surface area (Å²) in [4.78, 5) is 13.5. The van der Waals surface area contributed by atoms with Crippen LogP contribution in [0.5, 0.6) is 0 Å². The van der Waals surface area contributed by atoms with Crippen molar-refractivity contribution in [3.8, 4) is 11.1 Å². The van der Waals surface area contributed by atoms with Crippen molar-refractivity contribution in [1.29, 1.82) is 0 Å². The van der Waals surface area contributed by atoms with Crippen LogP contribution in [0.25, 0.3) is 11.1 Å². The van der Waals surface area contributed by atoms with E-state index in [4.69, 9.17) is 4.74 Å². The van der Waals surface area contributed by atoms with Gasteiger partial charge < -0.3 is 10.1 Å². The third-order valence-electron chi connectivity index (χ3n) is 6.45. The van der Waals surface area contributed by atoms with Crippen LogP contribution in [-0.2, 0) is 35.5 Å². The average molecular weight is 467 g/mol. The van der Waals surface area contributed by atoms with Gasteiger partial charge in [0.1, 0.15) is 5.69 Å². The minimum atomic E-state index is -0.178. The molecule has 2 atom stereocenters. The molecule has 1 aliphatic rings. The Kier molecular flexibility index (Phi) is 7.29. The van der Waals surface area contributed by atoms with Crippen molar-refractivity contribution in [2.75, 3.05) is 6.61 Å². The van der Waals surface area contributed by atoms with Crippen molar-refractivity contribution in [2.45, 2.75) is 38.5 Å². The van der Waals surface area contributed by atoms with Crippen LogP contribution in [0.4, 0.5) is 0 Å². The molecule has 6 nitrogen and oxygen atoms in total. The summed E-state index contributed by atoms with van der Waals surface area (Å²) in [5, 5.41) is 11.7. The molecule has 1 aromatic heterocycles. The zero-order chi connectivity index (χ0) is 23.9. The average Bonchev–Trinajstić information content (AvgIpc) is 3.35. The number of carbonyl (C=O) groups is 1. The Bertz CT molecular complexity index is 1220. The Morgan fingerprint density at radius 3 is 2.31 bits per heavy atom. The van der Waals surface area contributed by atoms with Crippen molar-refractivity contribution >= 4 is 5.91 Å². The lowest BCUT2D eigenvalue weighted by molar-refractivity contribution is -0.126. The smallest absolute Gasteiger partial charge is 0.223 e. The summed E-state index contributed by atoms with van der Waals surface area (Å²) in [6, 6.07) is 29.0. The van der Waals surface area contributed by atoms with Gasteiger partial charge in [-0.15, -0.1) is 5.10 Å². The first-order valence-corrected chi connectivity index (χ1v) is 12.2. The summed E-state index contributed by atoms with van der Waals surface area (Å²) in [5.41, 5.74) is 5.49. The fraction of sp³-hybridized carbons (Fsp3) is 0.276. The molecule has 0 saturated heterocycles. The topological polar surface area (TPSA) is 69.0 Å². The van der Waals surface area contributed by atoms with Gasteiger partial charge in [-0.05, 0) is 41.5 Å². The molecule has 0 spiro atoms. The quantitative estimate of drug-likeness (QED) is 0.472. The number of aryl methyl sites for hydroxylation is 1. The molecule has 0 fully saturated rings. The van der Waals surface area contributed by atoms with Crippen LogP contribution in [0.1, 0.15) is 23.2 Å². The lowest BCUT2D eigenvalue weighted by Crippen LogP contribution is -2.43. The molecular formula is C29H30N4O2. The Balaban J connectivity index is 1.33. The third-order valence-corrected chi connectivity index (χ3v) is 6.45. The van der Waals surface area contributed by atoms with E-state index < -0.39 is 0 Å². The predicted octanol–water partition coefficient (Wildman–Crippen LogP) is 4.45. The van der Waals surface area contributed by atoms with E-state index in [1.807, 2.05) is 42.6 Å². The summed E-state index contributed by atoms with van der Waals surface area (Å²) in [6.45, 7) is 1.45. The summed E-state index contributed by atoms with van der Waals surface area (Å²) < 4.78 is 7.72. The number of hydrogen-bond acceptors (Lipinski definition) is 4. The van der Waals surface area contributed by atoms with Crippen LogP contribution in [0, 0.1) is 5.92 Å². The summed E-state index contributed by atoms with van der Waals surface area (Å²) in [6.07, 6.45) is 3.99. The molecular weight excluding hydrogens is 436 g/mol. The summed E-state index contributed by atoms with van der Waals surface area (Å²) in [5.74, 6) is -0.120. The molecule has 6 heteroatoms. The molecule has 178 valence electrons. The fourth-order valence-corrected chi connectivity index (χ4v) is 4.55. The van der Waals surface area contributed by atoms with Crippen LogP contribution in [-0.4, -0.2) is 33.5 Å². The largest absolute Gasteiger partial charge is 0.373 e. The molecule has 0 unspecified atom stereocenters. The van der Waals surface area contributed by atoms with Gasteiger partial charge in [0.15, 0.2) is 0 Å². The first kappa shape index (κ1) is 23.0. The van der Waals surface area contributed by atoms with Crippen LogP contribution < -0.4 is 5.32 Å². The van der Waals surface area contributed by atoms with Gasteiger partial charge in [0.25, 0.3) is 0 Å². The second-order valence-electron chi connectivity index (χ2n) is 9.14. The third kappa shape index (κ3) is 6.22. The highest BCUT2D eigenvalue weighted by Gasteiger charge is 2.24. The number of amides is 1. The van der Waals surface area contributed by atoms with Crippen molar-refractivity contribution in [3.63, 3.8) is 0 Å². The van der Waals surface area contributed by atoms with Gasteiger partial charge in [0.05, 0.1) is 25.5 Å². The Labute approximate surface area is 206 Å². The molecule has 35 heavy (non-hydrogen) atoms. The molecule has 3 aromatic carbocycles. The van der Waals surface area contributed by atoms with Crippen molar-refractivity contribution < 1.29 is 9.53 Å². The Morgan fingerprint density at radius 2 is 1.54 bits per heavy atom. The number of ether oxygens (including phenoxy) is 1. The van der Waals surface area contributed by atoms with Crippen LogP contribution in [0.2, 0.25) is 0 Å². The van der Waals surface area contributed by atoms with E-state index in [0.29, 0.717) is 32.6 Å². The number of nitrogens with one attached hydrogen (secondary N) is 1. The second kappa shape index (κ2) is 11.1. The lowest BCUT2D eigenvalue weighted by Gasteiger charge is -2.23. The zero-order valence-corrected chi connectivity index (χ0v) is 19.7. The van der Waals surface area contributed by atoms with E-state index in [1.54, 1.807) is 4.68 Å². The maximum absolute atomic E-state index is 13.5. The maximum Gasteiger partial charge on any atom is 0.223 e. The van der Waals surface area contributed by atoms with Gasteiger partial charge in [-0.1, -0.05) is 90.1 Å². The molecule has 1 aliphatic heterocycles. The number of hydrogen-bond donors (Lipinski definition) is 1. The van der Waals surface area contributed by atoms with E-state index in [1.165, 1.54) is 16.7 Å². The predicted molar refractivity (Wildman–Crippen MR) is 135 cm³/mol. The van der Waals surface area contributed by atoms with Crippen molar-refractivity contribution in [2.24, 2.45) is 5.92 Å². The molecule has 2 bridgehead atoms. The minimum absolute atomic E-state index is 0.0579. The van der Waals surface area contributed by atoms with E-state index in [0.717, 1.165) is 17.7 Å². The van der Waals surface area contributed by atoms with Crippen molar-refractivity contribution in [3.05, 3.63) is 108 Å². The number of benzene rings is 3. The molecule has 0 saturated carbocycles. The molecule has 2 heterocycles. The van der Waals surface area contributed by atoms with Gasteiger partial charge in [0, 0.05) is 12.5 Å². The van der Waals surface area contributed by atoms with Crippen LogP contribution >= 0.6 is 0 Å².